The maximum Gasteiger partial charge on any atom is 0.243 e. The van der Waals surface area contributed by atoms with E-state index in [0.29, 0.717) is 5.69 Å². The van der Waals surface area contributed by atoms with E-state index in [1.807, 2.05) is 25.4 Å². The highest BCUT2D eigenvalue weighted by Crippen LogP contribution is 2.33. The van der Waals surface area contributed by atoms with Gasteiger partial charge in [-0.2, -0.15) is 0 Å². The summed E-state index contributed by atoms with van der Waals surface area (Å²) in [6.45, 7) is 4.48. The Kier molecular flexibility index (Phi) is 4.90. The van der Waals surface area contributed by atoms with Crippen LogP contribution in [-0.4, -0.2) is 34.1 Å². The zero-order chi connectivity index (χ0) is 22.5. The van der Waals surface area contributed by atoms with Gasteiger partial charge in [-0.15, -0.1) is 0 Å². The monoisotopic (exact) mass is 447 g/mol. The summed E-state index contributed by atoms with van der Waals surface area (Å²) in [6, 6.07) is 13.1. The number of aromatic nitrogens is 2. The van der Waals surface area contributed by atoms with Crippen LogP contribution < -0.4 is 26.2 Å². The van der Waals surface area contributed by atoms with Crippen molar-refractivity contribution >= 4 is 17.3 Å². The number of carbonyl (C=O) groups excluding carboxylic acids is 1. The van der Waals surface area contributed by atoms with E-state index in [2.05, 4.69) is 55.0 Å². The molecule has 8 nitrogen and oxygen atoms in total. The fraction of sp³-hybridized carbons (Fsp3) is 0.333. The molecule has 3 unspecified atom stereocenters. The van der Waals surface area contributed by atoms with Crippen molar-refractivity contribution < 1.29 is 9.18 Å². The predicted octanol–water partition coefficient (Wildman–Crippen LogP) is 2.18. The summed E-state index contributed by atoms with van der Waals surface area (Å²) in [5, 5.41) is 1.39. The molecule has 3 atom stereocenters. The fourth-order valence-electron chi connectivity index (χ4n) is 5.12. The topological polar surface area (TPSA) is 77.5 Å². The maximum absolute atomic E-state index is 14.6. The Morgan fingerprint density at radius 1 is 1.09 bits per heavy atom. The number of anilines is 2. The van der Waals surface area contributed by atoms with Crippen LogP contribution in [0, 0.1) is 12.7 Å². The Hall–Kier alpha value is -3.27. The van der Waals surface area contributed by atoms with E-state index in [1.165, 1.54) is 11.1 Å². The summed E-state index contributed by atoms with van der Waals surface area (Å²) in [5.74, 6) is 0.518. The molecule has 33 heavy (non-hydrogen) atoms. The third kappa shape index (κ3) is 3.49. The van der Waals surface area contributed by atoms with Crippen molar-refractivity contribution in [3.63, 3.8) is 0 Å². The van der Waals surface area contributed by atoms with Crippen LogP contribution in [-0.2, 0) is 17.9 Å². The van der Waals surface area contributed by atoms with Gasteiger partial charge in [0.2, 0.25) is 5.91 Å². The molecule has 2 aromatic carbocycles. The Morgan fingerprint density at radius 3 is 2.76 bits per heavy atom. The van der Waals surface area contributed by atoms with E-state index in [4.69, 9.17) is 0 Å². The first-order valence-electron chi connectivity index (χ1n) is 11.3. The lowest BCUT2D eigenvalue weighted by Gasteiger charge is -2.37. The molecular weight excluding hydrogens is 421 g/mol. The van der Waals surface area contributed by atoms with Crippen molar-refractivity contribution in [2.45, 2.75) is 44.6 Å². The summed E-state index contributed by atoms with van der Waals surface area (Å²) < 4.78 is 16.8. The first kappa shape index (κ1) is 20.3. The predicted molar refractivity (Wildman–Crippen MR) is 123 cm³/mol. The van der Waals surface area contributed by atoms with Crippen molar-refractivity contribution in [1.82, 2.24) is 25.8 Å². The standard InChI is InChI=1S/C24H26FN7O/c1-15-3-2-4-18(25)24(15)32-21(33)13-19-23(29-32)22(28-27-19)16-5-7-17(8-6-16)31-12-11-30-10-9-26-20(30)14-31/h2-10,19,22-23,27-29H,11-14H2,1H3. The van der Waals surface area contributed by atoms with Crippen LogP contribution in [0.3, 0.4) is 0 Å². The average Bonchev–Trinajstić information content (AvgIpc) is 3.45. The van der Waals surface area contributed by atoms with Crippen LogP contribution in [0.15, 0.2) is 54.9 Å². The highest BCUT2D eigenvalue weighted by Gasteiger charge is 2.44. The number of carbonyl (C=O) groups is 1. The molecule has 0 radical (unpaired) electrons. The molecule has 3 aromatic rings. The second-order valence-electron chi connectivity index (χ2n) is 8.92. The molecule has 2 fully saturated rings. The summed E-state index contributed by atoms with van der Waals surface area (Å²) in [6.07, 6.45) is 4.16. The zero-order valence-corrected chi connectivity index (χ0v) is 18.3. The van der Waals surface area contributed by atoms with E-state index in [0.717, 1.165) is 42.3 Å². The lowest BCUT2D eigenvalue weighted by molar-refractivity contribution is -0.121. The molecule has 0 spiro atoms. The van der Waals surface area contributed by atoms with Gasteiger partial charge in [0.15, 0.2) is 0 Å². The maximum atomic E-state index is 14.6. The fourth-order valence-corrected chi connectivity index (χ4v) is 5.12. The van der Waals surface area contributed by atoms with Crippen molar-refractivity contribution in [2.75, 3.05) is 16.5 Å². The molecule has 3 aliphatic heterocycles. The highest BCUT2D eigenvalue weighted by molar-refractivity contribution is 5.94. The van der Waals surface area contributed by atoms with Gasteiger partial charge in [0.05, 0.1) is 24.3 Å². The molecule has 3 aliphatic rings. The van der Waals surface area contributed by atoms with Crippen LogP contribution >= 0.6 is 0 Å². The van der Waals surface area contributed by atoms with Gasteiger partial charge in [0, 0.05) is 43.6 Å². The number of nitrogens with one attached hydrogen (secondary N) is 3. The van der Waals surface area contributed by atoms with Gasteiger partial charge in [0.1, 0.15) is 11.6 Å². The van der Waals surface area contributed by atoms with Crippen LogP contribution in [0.25, 0.3) is 0 Å². The second-order valence-corrected chi connectivity index (χ2v) is 8.92. The number of imidazole rings is 1. The lowest BCUT2D eigenvalue weighted by atomic mass is 9.93. The number of fused-ring (bicyclic) bond motifs is 2. The largest absolute Gasteiger partial charge is 0.362 e. The summed E-state index contributed by atoms with van der Waals surface area (Å²) in [7, 11) is 0. The Bertz CT molecular complexity index is 1170. The first-order chi connectivity index (χ1) is 16.1. The van der Waals surface area contributed by atoms with Gasteiger partial charge in [0.25, 0.3) is 0 Å². The smallest absolute Gasteiger partial charge is 0.243 e. The minimum atomic E-state index is -0.406. The molecular formula is C24H26FN7O. The van der Waals surface area contributed by atoms with Gasteiger partial charge < -0.3 is 9.47 Å². The van der Waals surface area contributed by atoms with Crippen LogP contribution in [0.4, 0.5) is 15.8 Å². The van der Waals surface area contributed by atoms with Gasteiger partial charge in [-0.05, 0) is 36.2 Å². The van der Waals surface area contributed by atoms with Crippen LogP contribution in [0.5, 0.6) is 0 Å². The number of benzene rings is 2. The number of rotatable bonds is 3. The molecule has 170 valence electrons. The van der Waals surface area contributed by atoms with E-state index in [-0.39, 0.29) is 30.5 Å². The molecule has 1 amide bonds. The van der Waals surface area contributed by atoms with Crippen molar-refractivity contribution in [2.24, 2.45) is 0 Å². The number of hydrogen-bond donors (Lipinski definition) is 3. The van der Waals surface area contributed by atoms with Crippen molar-refractivity contribution in [3.05, 3.63) is 77.6 Å². The number of nitrogens with zero attached hydrogens (tertiary/aromatic N) is 4. The first-order valence-corrected chi connectivity index (χ1v) is 11.3. The van der Waals surface area contributed by atoms with Crippen LogP contribution in [0.1, 0.15) is 29.4 Å². The minimum Gasteiger partial charge on any atom is -0.362 e. The normalized spacial score (nSPS) is 24.7. The molecule has 0 aliphatic carbocycles. The molecule has 0 saturated carbocycles. The Morgan fingerprint density at radius 2 is 1.94 bits per heavy atom. The van der Waals surface area contributed by atoms with E-state index < -0.39 is 5.82 Å². The SMILES string of the molecule is Cc1cccc(F)c1N1NC2C(CC1=O)NNC2c1ccc(N2CCn3ccnc3C2)cc1. The third-order valence-corrected chi connectivity index (χ3v) is 6.91. The van der Waals surface area contributed by atoms with Gasteiger partial charge in [-0.25, -0.2) is 25.2 Å². The number of hydrazine groups is 2. The van der Waals surface area contributed by atoms with E-state index in [9.17, 15) is 9.18 Å². The Balaban J connectivity index is 1.22. The van der Waals surface area contributed by atoms with E-state index >= 15 is 0 Å². The van der Waals surface area contributed by atoms with Crippen molar-refractivity contribution in [3.8, 4) is 0 Å². The quantitative estimate of drug-likeness (QED) is 0.572. The third-order valence-electron chi connectivity index (χ3n) is 6.91. The minimum absolute atomic E-state index is 0.0630. The molecule has 9 heteroatoms. The second kappa shape index (κ2) is 7.95. The number of aryl methyl sites for hydroxylation is 1. The number of halogens is 1. The molecule has 6 rings (SSSR count). The number of para-hydroxylation sites is 1. The van der Waals surface area contributed by atoms with Crippen LogP contribution in [0.2, 0.25) is 0 Å². The Labute approximate surface area is 191 Å². The van der Waals surface area contributed by atoms with Gasteiger partial charge in [-0.3, -0.25) is 10.2 Å². The summed E-state index contributed by atoms with van der Waals surface area (Å²) in [4.78, 5) is 19.6. The summed E-state index contributed by atoms with van der Waals surface area (Å²) >= 11 is 0. The molecule has 0 bridgehead atoms. The van der Waals surface area contributed by atoms with Crippen molar-refractivity contribution in [1.29, 1.82) is 0 Å². The number of amides is 1. The lowest BCUT2D eigenvalue weighted by Crippen LogP contribution is -2.60. The average molecular weight is 448 g/mol. The van der Waals surface area contributed by atoms with Gasteiger partial charge >= 0.3 is 0 Å². The molecule has 2 saturated heterocycles. The molecule has 3 N–H and O–H groups in total. The number of hydrogen-bond acceptors (Lipinski definition) is 6. The van der Waals surface area contributed by atoms with Gasteiger partial charge in [-0.1, -0.05) is 24.3 Å². The summed E-state index contributed by atoms with van der Waals surface area (Å²) in [5.41, 5.74) is 13.2. The molecule has 4 heterocycles. The van der Waals surface area contributed by atoms with E-state index in [1.54, 1.807) is 6.07 Å². The zero-order valence-electron chi connectivity index (χ0n) is 18.3. The highest BCUT2D eigenvalue weighted by atomic mass is 19.1. The molecule has 1 aromatic heterocycles.